The van der Waals surface area contributed by atoms with Crippen molar-refractivity contribution in [1.82, 2.24) is 0 Å². The third kappa shape index (κ3) is 3.75. The fourth-order valence-corrected chi connectivity index (χ4v) is 0.932. The Bertz CT molecular complexity index is 380. The Labute approximate surface area is 76.8 Å². The second-order valence-electron chi connectivity index (χ2n) is 2.26. The minimum atomic E-state index is -0.694. The summed E-state index contributed by atoms with van der Waals surface area (Å²) in [5.41, 5.74) is 2.86. The van der Waals surface area contributed by atoms with Crippen LogP contribution in [0.4, 0.5) is 0 Å². The van der Waals surface area contributed by atoms with Gasteiger partial charge in [0.15, 0.2) is 0 Å². The number of rotatable bonds is 2. The van der Waals surface area contributed by atoms with Crippen LogP contribution in [0.25, 0.3) is 0 Å². The Hall–Kier alpha value is -1.30. The number of ether oxygens (including phenoxy) is 1. The van der Waals surface area contributed by atoms with E-state index in [1.54, 1.807) is 0 Å². The second kappa shape index (κ2) is 5.36. The number of hydrogen-bond acceptors (Lipinski definition) is 3. The number of hydrogen-bond donors (Lipinski definition) is 0. The van der Waals surface area contributed by atoms with E-state index in [4.69, 9.17) is 4.74 Å². The van der Waals surface area contributed by atoms with Crippen LogP contribution in [0.1, 0.15) is 5.56 Å². The van der Waals surface area contributed by atoms with Gasteiger partial charge in [-0.05, 0) is 0 Å². The molecule has 0 fully saturated rings. The third-order valence-corrected chi connectivity index (χ3v) is 1.62. The molecule has 0 aliphatic heterocycles. The van der Waals surface area contributed by atoms with E-state index in [2.05, 4.69) is 0 Å². The molecule has 0 unspecified atom stereocenters. The van der Waals surface area contributed by atoms with Crippen LogP contribution >= 0.6 is 7.92 Å². The molecule has 0 amide bonds. The molecule has 4 heteroatoms. The van der Waals surface area contributed by atoms with Gasteiger partial charge in [0.1, 0.15) is 0 Å². The quantitative estimate of drug-likeness (QED) is 0.534. The maximum absolute atomic E-state index is 10.7. The summed E-state index contributed by atoms with van der Waals surface area (Å²) in [5.74, 6) is -0.694. The SMILES string of the molecule is O=P#CC(=O)OCc1ccccc1. The molecule has 0 atom stereocenters. The number of benzene rings is 1. The van der Waals surface area contributed by atoms with E-state index in [1.807, 2.05) is 36.0 Å². The standard InChI is InChI=1S/C9H7O3P/c10-9(7-13-11)12-6-8-4-2-1-3-5-8/h1-5H,6H2. The molecule has 66 valence electrons. The Kier molecular flexibility index (Phi) is 4.04. The van der Waals surface area contributed by atoms with E-state index < -0.39 is 13.9 Å². The molecule has 0 N–H and O–H groups in total. The molecule has 3 nitrogen and oxygen atoms in total. The van der Waals surface area contributed by atoms with E-state index in [0.717, 1.165) is 5.56 Å². The van der Waals surface area contributed by atoms with Crippen molar-refractivity contribution in [2.45, 2.75) is 6.61 Å². The molecule has 0 bridgehead atoms. The average Bonchev–Trinajstić information content (AvgIpc) is 2.17. The van der Waals surface area contributed by atoms with Crippen molar-refractivity contribution in [2.24, 2.45) is 0 Å². The first-order chi connectivity index (χ1) is 6.33. The van der Waals surface area contributed by atoms with Crippen molar-refractivity contribution in [1.29, 1.82) is 0 Å². The molecular formula is C9H7O3P. The first-order valence-corrected chi connectivity index (χ1v) is 4.43. The van der Waals surface area contributed by atoms with Gasteiger partial charge in [-0.1, -0.05) is 0 Å². The van der Waals surface area contributed by atoms with Gasteiger partial charge in [-0.2, -0.15) is 0 Å². The zero-order valence-corrected chi connectivity index (χ0v) is 7.66. The molecule has 0 spiro atoms. The summed E-state index contributed by atoms with van der Waals surface area (Å²) in [5, 5.41) is 0. The van der Waals surface area contributed by atoms with E-state index in [9.17, 15) is 9.36 Å². The number of carbonyl (C=O) groups is 1. The van der Waals surface area contributed by atoms with E-state index in [-0.39, 0.29) is 6.61 Å². The Morgan fingerprint density at radius 2 is 2.08 bits per heavy atom. The summed E-state index contributed by atoms with van der Waals surface area (Å²) in [6, 6.07) is 9.25. The van der Waals surface area contributed by atoms with Crippen LogP contribution in [0.2, 0.25) is 0 Å². The summed E-state index contributed by atoms with van der Waals surface area (Å²) in [6.45, 7) is 0.183. The Morgan fingerprint density at radius 1 is 1.38 bits per heavy atom. The van der Waals surface area contributed by atoms with Crippen molar-refractivity contribution < 1.29 is 14.1 Å². The fourth-order valence-electron chi connectivity index (χ4n) is 0.793. The summed E-state index contributed by atoms with van der Waals surface area (Å²) < 4.78 is 14.6. The molecule has 0 heterocycles. The van der Waals surface area contributed by atoms with Crippen molar-refractivity contribution in [3.63, 3.8) is 0 Å². The van der Waals surface area contributed by atoms with Crippen molar-refractivity contribution in [3.05, 3.63) is 35.9 Å². The first-order valence-electron chi connectivity index (χ1n) is 3.62. The fraction of sp³-hybridized carbons (Fsp3) is 0.111. The molecule has 1 aromatic carbocycles. The minimum absolute atomic E-state index is 0.183. The van der Waals surface area contributed by atoms with Gasteiger partial charge in [0, 0.05) is 0 Å². The average molecular weight is 194 g/mol. The van der Waals surface area contributed by atoms with Crippen LogP contribution in [0.5, 0.6) is 0 Å². The molecule has 0 saturated carbocycles. The molecule has 0 aromatic heterocycles. The van der Waals surface area contributed by atoms with Crippen LogP contribution in [-0.4, -0.2) is 5.97 Å². The monoisotopic (exact) mass is 194 g/mol. The first kappa shape index (κ1) is 9.79. The van der Waals surface area contributed by atoms with Gasteiger partial charge in [0.2, 0.25) is 0 Å². The topological polar surface area (TPSA) is 43.4 Å². The van der Waals surface area contributed by atoms with Gasteiger partial charge in [-0.3, -0.25) is 0 Å². The summed E-state index contributed by atoms with van der Waals surface area (Å²) in [7, 11) is -0.449. The van der Waals surface area contributed by atoms with Gasteiger partial charge >= 0.3 is 76.1 Å². The molecule has 0 aliphatic carbocycles. The maximum atomic E-state index is 10.7. The van der Waals surface area contributed by atoms with Crippen LogP contribution < -0.4 is 0 Å². The molecule has 1 aromatic rings. The van der Waals surface area contributed by atoms with E-state index in [1.165, 1.54) is 0 Å². The van der Waals surface area contributed by atoms with Gasteiger partial charge in [0.25, 0.3) is 0 Å². The summed E-state index contributed by atoms with van der Waals surface area (Å²) in [6.07, 6.45) is 0. The second-order valence-corrected chi connectivity index (χ2v) is 2.67. The van der Waals surface area contributed by atoms with Crippen molar-refractivity contribution >= 4 is 13.9 Å². The Morgan fingerprint density at radius 3 is 2.69 bits per heavy atom. The van der Waals surface area contributed by atoms with Crippen molar-refractivity contribution in [2.75, 3.05) is 0 Å². The molecule has 0 radical (unpaired) electrons. The number of esters is 1. The van der Waals surface area contributed by atoms with Crippen LogP contribution in [0.3, 0.4) is 0 Å². The van der Waals surface area contributed by atoms with Crippen LogP contribution in [0.15, 0.2) is 30.3 Å². The normalized spacial score (nSPS) is 8.62. The van der Waals surface area contributed by atoms with E-state index >= 15 is 0 Å². The van der Waals surface area contributed by atoms with Crippen molar-refractivity contribution in [3.8, 4) is 5.63 Å². The summed E-state index contributed by atoms with van der Waals surface area (Å²) in [4.78, 5) is 10.7. The molecule has 13 heavy (non-hydrogen) atoms. The van der Waals surface area contributed by atoms with Gasteiger partial charge < -0.3 is 0 Å². The molecule has 0 aliphatic rings. The summed E-state index contributed by atoms with van der Waals surface area (Å²) >= 11 is 0. The van der Waals surface area contributed by atoms with Crippen LogP contribution in [0, 0.1) is 5.63 Å². The van der Waals surface area contributed by atoms with E-state index in [0.29, 0.717) is 0 Å². The van der Waals surface area contributed by atoms with Crippen LogP contribution in [-0.2, 0) is 20.7 Å². The molecule has 1 rings (SSSR count). The van der Waals surface area contributed by atoms with Gasteiger partial charge in [0.05, 0.1) is 0 Å². The zero-order chi connectivity index (χ0) is 9.52. The predicted molar refractivity (Wildman–Crippen MR) is 47.7 cm³/mol. The zero-order valence-electron chi connectivity index (χ0n) is 6.77. The predicted octanol–water partition coefficient (Wildman–Crippen LogP) is 1.98. The van der Waals surface area contributed by atoms with Gasteiger partial charge in [-0.15, -0.1) is 0 Å². The van der Waals surface area contributed by atoms with Gasteiger partial charge in [-0.25, -0.2) is 0 Å². The third-order valence-electron chi connectivity index (χ3n) is 1.35. The Balaban J connectivity index is 2.47. The number of carbonyl (C=O) groups excluding carboxylic acids is 1. The molecular weight excluding hydrogens is 187 g/mol. The molecule has 0 saturated heterocycles.